The molecule has 0 unspecified atom stereocenters. The first kappa shape index (κ1) is 17.3. The van der Waals surface area contributed by atoms with Crippen LogP contribution in [0.5, 0.6) is 0 Å². The van der Waals surface area contributed by atoms with Gasteiger partial charge in [-0.15, -0.1) is 0 Å². The average molecular weight is 338 g/mol. The molecular weight excluding hydrogens is 312 g/mol. The third-order valence-corrected chi connectivity index (χ3v) is 4.92. The Hall–Kier alpha value is -2.53. The number of urea groups is 1. The van der Waals surface area contributed by atoms with E-state index in [1.54, 1.807) is 0 Å². The lowest BCUT2D eigenvalue weighted by Crippen LogP contribution is -2.50. The minimum Gasteiger partial charge on any atom is -0.368 e. The third kappa shape index (κ3) is 3.94. The Morgan fingerprint density at radius 2 is 1.72 bits per heavy atom. The lowest BCUT2D eigenvalue weighted by Gasteiger charge is -2.37. The van der Waals surface area contributed by atoms with Crippen molar-refractivity contribution in [2.45, 2.75) is 20.4 Å². The molecule has 25 heavy (non-hydrogen) atoms. The van der Waals surface area contributed by atoms with Crippen molar-refractivity contribution in [3.05, 3.63) is 59.2 Å². The molecular formula is C20H26N4O. The summed E-state index contributed by atoms with van der Waals surface area (Å²) in [6.45, 7) is 7.95. The summed E-state index contributed by atoms with van der Waals surface area (Å²) in [6, 6.07) is 14.0. The Bertz CT molecular complexity index is 734. The molecule has 2 aromatic carbocycles. The minimum absolute atomic E-state index is 0.0406. The van der Waals surface area contributed by atoms with Gasteiger partial charge in [0.1, 0.15) is 0 Å². The second-order valence-corrected chi connectivity index (χ2v) is 6.52. The van der Waals surface area contributed by atoms with Crippen LogP contribution in [0.2, 0.25) is 0 Å². The molecule has 3 N–H and O–H groups in total. The number of carbonyl (C=O) groups excluding carboxylic acids is 1. The molecule has 1 aliphatic rings. The summed E-state index contributed by atoms with van der Waals surface area (Å²) in [4.78, 5) is 16.7. The molecule has 1 aliphatic heterocycles. The number of carbonyl (C=O) groups is 1. The van der Waals surface area contributed by atoms with Crippen LogP contribution < -0.4 is 16.0 Å². The highest BCUT2D eigenvalue weighted by atomic mass is 16.2. The van der Waals surface area contributed by atoms with Gasteiger partial charge >= 0.3 is 6.03 Å². The van der Waals surface area contributed by atoms with Crippen LogP contribution in [0.4, 0.5) is 16.2 Å². The third-order valence-electron chi connectivity index (χ3n) is 4.92. The summed E-state index contributed by atoms with van der Waals surface area (Å²) in [5, 5.41) is 2.97. The highest BCUT2D eigenvalue weighted by Crippen LogP contribution is 2.24. The van der Waals surface area contributed by atoms with Gasteiger partial charge in [0, 0.05) is 44.1 Å². The van der Waals surface area contributed by atoms with Crippen LogP contribution in [0.3, 0.4) is 0 Å². The number of anilines is 2. The SMILES string of the molecule is Cc1cccc(N2CCN(C(=O)Nc3ccc(CN)cc3)CC2)c1C. The summed E-state index contributed by atoms with van der Waals surface area (Å²) >= 11 is 0. The normalized spacial score (nSPS) is 14.5. The Morgan fingerprint density at radius 1 is 1.04 bits per heavy atom. The molecule has 1 heterocycles. The average Bonchev–Trinajstić information content (AvgIpc) is 2.65. The van der Waals surface area contributed by atoms with Crippen molar-refractivity contribution in [1.29, 1.82) is 0 Å². The Morgan fingerprint density at radius 3 is 2.36 bits per heavy atom. The summed E-state index contributed by atoms with van der Waals surface area (Å²) in [6.07, 6.45) is 0. The van der Waals surface area contributed by atoms with E-state index in [1.807, 2.05) is 29.2 Å². The van der Waals surface area contributed by atoms with E-state index in [4.69, 9.17) is 5.73 Å². The maximum Gasteiger partial charge on any atom is 0.321 e. The van der Waals surface area contributed by atoms with Gasteiger partial charge in [-0.1, -0.05) is 24.3 Å². The zero-order chi connectivity index (χ0) is 17.8. The van der Waals surface area contributed by atoms with Gasteiger partial charge in [-0.05, 0) is 48.7 Å². The lowest BCUT2D eigenvalue weighted by atomic mass is 10.1. The van der Waals surface area contributed by atoms with E-state index >= 15 is 0 Å². The van der Waals surface area contributed by atoms with E-state index in [-0.39, 0.29) is 6.03 Å². The number of piperazine rings is 1. The molecule has 0 spiro atoms. The van der Waals surface area contributed by atoms with Crippen LogP contribution in [-0.2, 0) is 6.54 Å². The first-order chi connectivity index (χ1) is 12.1. The van der Waals surface area contributed by atoms with Crippen LogP contribution >= 0.6 is 0 Å². The van der Waals surface area contributed by atoms with Crippen molar-refractivity contribution in [3.8, 4) is 0 Å². The fraction of sp³-hybridized carbons (Fsp3) is 0.350. The van der Waals surface area contributed by atoms with Crippen molar-refractivity contribution >= 4 is 17.4 Å². The fourth-order valence-corrected chi connectivity index (χ4v) is 3.16. The molecule has 5 heteroatoms. The van der Waals surface area contributed by atoms with Gasteiger partial charge in [0.25, 0.3) is 0 Å². The summed E-state index contributed by atoms with van der Waals surface area (Å²) in [5.74, 6) is 0. The minimum atomic E-state index is -0.0406. The fourth-order valence-electron chi connectivity index (χ4n) is 3.16. The van der Waals surface area contributed by atoms with E-state index in [0.717, 1.165) is 37.4 Å². The number of benzene rings is 2. The van der Waals surface area contributed by atoms with Gasteiger partial charge in [-0.25, -0.2) is 4.79 Å². The summed E-state index contributed by atoms with van der Waals surface area (Å²) in [7, 11) is 0. The van der Waals surface area contributed by atoms with Gasteiger partial charge in [-0.3, -0.25) is 0 Å². The number of aryl methyl sites for hydroxylation is 1. The van der Waals surface area contributed by atoms with E-state index in [9.17, 15) is 4.79 Å². The first-order valence-corrected chi connectivity index (χ1v) is 8.74. The number of hydrogen-bond acceptors (Lipinski definition) is 3. The van der Waals surface area contributed by atoms with Crippen molar-refractivity contribution in [3.63, 3.8) is 0 Å². The van der Waals surface area contributed by atoms with Crippen molar-refractivity contribution in [2.75, 3.05) is 36.4 Å². The van der Waals surface area contributed by atoms with Crippen LogP contribution in [0, 0.1) is 13.8 Å². The summed E-state index contributed by atoms with van der Waals surface area (Å²) in [5.41, 5.74) is 11.4. The Kier molecular flexibility index (Phi) is 5.24. The molecule has 2 amide bonds. The second-order valence-electron chi connectivity index (χ2n) is 6.52. The smallest absolute Gasteiger partial charge is 0.321 e. The highest BCUT2D eigenvalue weighted by molar-refractivity contribution is 5.89. The van der Waals surface area contributed by atoms with E-state index in [2.05, 4.69) is 42.3 Å². The van der Waals surface area contributed by atoms with E-state index in [1.165, 1.54) is 16.8 Å². The maximum atomic E-state index is 12.5. The van der Waals surface area contributed by atoms with Crippen molar-refractivity contribution in [2.24, 2.45) is 5.73 Å². The Labute approximate surface area is 149 Å². The molecule has 0 bridgehead atoms. The predicted octanol–water partition coefficient (Wildman–Crippen LogP) is 3.12. The standard InChI is InChI=1S/C20H26N4O/c1-15-4-3-5-19(16(15)2)23-10-12-24(13-11-23)20(25)22-18-8-6-17(14-21)7-9-18/h3-9H,10-14,21H2,1-2H3,(H,22,25). The number of nitrogens with two attached hydrogens (primary N) is 1. The molecule has 0 saturated carbocycles. The molecule has 0 aliphatic carbocycles. The monoisotopic (exact) mass is 338 g/mol. The molecule has 0 radical (unpaired) electrons. The first-order valence-electron chi connectivity index (χ1n) is 8.74. The molecule has 1 saturated heterocycles. The predicted molar refractivity (Wildman–Crippen MR) is 103 cm³/mol. The zero-order valence-corrected chi connectivity index (χ0v) is 15.0. The quantitative estimate of drug-likeness (QED) is 0.904. The number of nitrogens with one attached hydrogen (secondary N) is 1. The number of rotatable bonds is 3. The maximum absolute atomic E-state index is 12.5. The molecule has 5 nitrogen and oxygen atoms in total. The molecule has 2 aromatic rings. The van der Waals surface area contributed by atoms with Gasteiger partial charge in [0.05, 0.1) is 0 Å². The van der Waals surface area contributed by atoms with Crippen LogP contribution in [0.1, 0.15) is 16.7 Å². The lowest BCUT2D eigenvalue weighted by molar-refractivity contribution is 0.208. The number of amides is 2. The van der Waals surface area contributed by atoms with Crippen LogP contribution in [0.25, 0.3) is 0 Å². The molecule has 132 valence electrons. The summed E-state index contributed by atoms with van der Waals surface area (Å²) < 4.78 is 0. The van der Waals surface area contributed by atoms with E-state index in [0.29, 0.717) is 6.54 Å². The zero-order valence-electron chi connectivity index (χ0n) is 15.0. The van der Waals surface area contributed by atoms with Crippen LogP contribution in [-0.4, -0.2) is 37.1 Å². The van der Waals surface area contributed by atoms with E-state index < -0.39 is 0 Å². The number of hydrogen-bond donors (Lipinski definition) is 2. The Balaban J connectivity index is 1.57. The second kappa shape index (κ2) is 7.57. The molecule has 3 rings (SSSR count). The van der Waals surface area contributed by atoms with Crippen molar-refractivity contribution in [1.82, 2.24) is 4.90 Å². The largest absolute Gasteiger partial charge is 0.368 e. The molecule has 1 fully saturated rings. The molecule has 0 atom stereocenters. The number of nitrogens with zero attached hydrogens (tertiary/aromatic N) is 2. The topological polar surface area (TPSA) is 61.6 Å². The van der Waals surface area contributed by atoms with Crippen molar-refractivity contribution < 1.29 is 4.79 Å². The van der Waals surface area contributed by atoms with Gasteiger partial charge in [0.15, 0.2) is 0 Å². The van der Waals surface area contributed by atoms with Crippen LogP contribution in [0.15, 0.2) is 42.5 Å². The van der Waals surface area contributed by atoms with Gasteiger partial charge < -0.3 is 20.9 Å². The van der Waals surface area contributed by atoms with Gasteiger partial charge in [0.2, 0.25) is 0 Å². The highest BCUT2D eigenvalue weighted by Gasteiger charge is 2.22. The van der Waals surface area contributed by atoms with Gasteiger partial charge in [-0.2, -0.15) is 0 Å². The molecule has 0 aromatic heterocycles.